The highest BCUT2D eigenvalue weighted by Gasteiger charge is 2.58. The summed E-state index contributed by atoms with van der Waals surface area (Å²) in [7, 11) is 0. The van der Waals surface area contributed by atoms with Crippen molar-refractivity contribution in [1.82, 2.24) is 0 Å². The Labute approximate surface area is 105 Å². The second kappa shape index (κ2) is 4.10. The predicted molar refractivity (Wildman–Crippen MR) is 69.6 cm³/mol. The number of aliphatic hydroxyl groups is 2. The maximum atomic E-state index is 10.7. The van der Waals surface area contributed by atoms with E-state index >= 15 is 0 Å². The van der Waals surface area contributed by atoms with Gasteiger partial charge < -0.3 is 10.2 Å². The van der Waals surface area contributed by atoms with Crippen LogP contribution >= 0.6 is 0 Å². The van der Waals surface area contributed by atoms with Crippen LogP contribution in [0.5, 0.6) is 0 Å². The van der Waals surface area contributed by atoms with Crippen LogP contribution in [0, 0.1) is 17.3 Å². The van der Waals surface area contributed by atoms with Gasteiger partial charge in [-0.3, -0.25) is 0 Å². The van der Waals surface area contributed by atoms with E-state index in [0.717, 1.165) is 25.7 Å². The number of hydrogen-bond donors (Lipinski definition) is 2. The number of allylic oxidation sites excluding steroid dienone is 2. The quantitative estimate of drug-likeness (QED) is 0.690. The van der Waals surface area contributed by atoms with Crippen molar-refractivity contribution >= 4 is 0 Å². The molecule has 0 saturated heterocycles. The Bertz CT molecular complexity index is 328. The van der Waals surface area contributed by atoms with Gasteiger partial charge in [-0.2, -0.15) is 0 Å². The van der Waals surface area contributed by atoms with E-state index in [2.05, 4.69) is 26.8 Å². The first-order valence-corrected chi connectivity index (χ1v) is 6.83. The minimum atomic E-state index is -0.624. The van der Waals surface area contributed by atoms with Gasteiger partial charge in [0.25, 0.3) is 0 Å². The molecule has 17 heavy (non-hydrogen) atoms. The Morgan fingerprint density at radius 2 is 1.82 bits per heavy atom. The van der Waals surface area contributed by atoms with Gasteiger partial charge in [0.1, 0.15) is 0 Å². The molecule has 0 radical (unpaired) electrons. The van der Waals surface area contributed by atoms with E-state index in [1.165, 1.54) is 5.57 Å². The number of aliphatic hydroxyl groups excluding tert-OH is 1. The lowest BCUT2D eigenvalue weighted by atomic mass is 9.59. The van der Waals surface area contributed by atoms with Crippen molar-refractivity contribution in [2.75, 3.05) is 0 Å². The Morgan fingerprint density at radius 3 is 2.41 bits per heavy atom. The first-order chi connectivity index (χ1) is 7.77. The molecule has 2 rings (SSSR count). The molecule has 2 heteroatoms. The molecule has 0 aliphatic heterocycles. The molecule has 0 aromatic rings. The van der Waals surface area contributed by atoms with Gasteiger partial charge >= 0.3 is 0 Å². The minimum absolute atomic E-state index is 0.0988. The van der Waals surface area contributed by atoms with E-state index in [4.69, 9.17) is 0 Å². The highest BCUT2D eigenvalue weighted by molar-refractivity contribution is 5.14. The third-order valence-electron chi connectivity index (χ3n) is 5.06. The molecule has 0 aromatic heterocycles. The van der Waals surface area contributed by atoms with Crippen LogP contribution < -0.4 is 0 Å². The molecule has 98 valence electrons. The summed E-state index contributed by atoms with van der Waals surface area (Å²) < 4.78 is 0. The van der Waals surface area contributed by atoms with Crippen LogP contribution in [0.25, 0.3) is 0 Å². The summed E-state index contributed by atoms with van der Waals surface area (Å²) in [5.41, 5.74) is 0.592. The molecule has 0 spiro atoms. The Balaban J connectivity index is 2.35. The molecule has 0 amide bonds. The monoisotopic (exact) mass is 238 g/mol. The first-order valence-electron chi connectivity index (χ1n) is 6.83. The van der Waals surface area contributed by atoms with Gasteiger partial charge in [-0.05, 0) is 57.8 Å². The molecule has 2 aliphatic rings. The van der Waals surface area contributed by atoms with Gasteiger partial charge in [0.2, 0.25) is 0 Å². The first kappa shape index (κ1) is 13.1. The average Bonchev–Trinajstić information content (AvgIpc) is 2.52. The fourth-order valence-corrected chi connectivity index (χ4v) is 4.36. The smallest absolute Gasteiger partial charge is 0.0660 e. The molecule has 5 atom stereocenters. The van der Waals surface area contributed by atoms with Crippen molar-refractivity contribution in [2.45, 2.75) is 65.1 Å². The number of fused-ring (bicyclic) bond motifs is 1. The van der Waals surface area contributed by atoms with Crippen LogP contribution in [0.15, 0.2) is 11.6 Å². The largest absolute Gasteiger partial charge is 0.393 e. The lowest BCUT2D eigenvalue weighted by molar-refractivity contribution is -0.143. The zero-order valence-corrected chi connectivity index (χ0v) is 11.5. The average molecular weight is 238 g/mol. The Morgan fingerprint density at radius 1 is 1.18 bits per heavy atom. The van der Waals surface area contributed by atoms with Crippen molar-refractivity contribution < 1.29 is 10.2 Å². The summed E-state index contributed by atoms with van der Waals surface area (Å²) in [6.07, 6.45) is 5.64. The molecule has 0 aromatic carbocycles. The fourth-order valence-electron chi connectivity index (χ4n) is 4.36. The van der Waals surface area contributed by atoms with Crippen LogP contribution in [-0.4, -0.2) is 21.9 Å². The summed E-state index contributed by atoms with van der Waals surface area (Å²) in [5, 5.41) is 21.0. The van der Waals surface area contributed by atoms with Crippen molar-refractivity contribution in [3.63, 3.8) is 0 Å². The van der Waals surface area contributed by atoms with Gasteiger partial charge in [-0.1, -0.05) is 18.6 Å². The molecular formula is C15H26O2. The van der Waals surface area contributed by atoms with Gasteiger partial charge in [-0.15, -0.1) is 0 Å². The molecule has 0 heterocycles. The van der Waals surface area contributed by atoms with Gasteiger partial charge in [0, 0.05) is 5.92 Å². The van der Waals surface area contributed by atoms with E-state index in [9.17, 15) is 10.2 Å². The van der Waals surface area contributed by atoms with Crippen LogP contribution in [0.1, 0.15) is 53.4 Å². The summed E-state index contributed by atoms with van der Waals surface area (Å²) in [6.45, 7) is 8.35. The summed E-state index contributed by atoms with van der Waals surface area (Å²) in [6, 6.07) is 0. The van der Waals surface area contributed by atoms with Gasteiger partial charge in [0.15, 0.2) is 0 Å². The summed E-state index contributed by atoms with van der Waals surface area (Å²) >= 11 is 0. The maximum Gasteiger partial charge on any atom is 0.0660 e. The lowest BCUT2D eigenvalue weighted by Gasteiger charge is -2.50. The second-order valence-corrected chi connectivity index (χ2v) is 6.84. The maximum absolute atomic E-state index is 10.7. The fraction of sp³-hybridized carbons (Fsp3) is 0.867. The molecule has 2 nitrogen and oxygen atoms in total. The second-order valence-electron chi connectivity index (χ2n) is 6.84. The highest BCUT2D eigenvalue weighted by atomic mass is 16.3. The van der Waals surface area contributed by atoms with Crippen LogP contribution in [0.3, 0.4) is 0 Å². The topological polar surface area (TPSA) is 40.5 Å². The highest BCUT2D eigenvalue weighted by Crippen LogP contribution is 2.58. The van der Waals surface area contributed by atoms with E-state index in [0.29, 0.717) is 5.92 Å². The Kier molecular flexibility index (Phi) is 3.16. The van der Waals surface area contributed by atoms with Gasteiger partial charge in [-0.25, -0.2) is 0 Å². The molecular weight excluding hydrogens is 212 g/mol. The molecule has 2 fully saturated rings. The van der Waals surface area contributed by atoms with Crippen molar-refractivity contribution in [1.29, 1.82) is 0 Å². The van der Waals surface area contributed by atoms with Gasteiger partial charge in [0.05, 0.1) is 11.7 Å². The van der Waals surface area contributed by atoms with E-state index in [-0.39, 0.29) is 17.4 Å². The molecule has 0 bridgehead atoms. The third-order valence-corrected chi connectivity index (χ3v) is 5.06. The molecule has 2 N–H and O–H groups in total. The SMILES string of the molecule is CC(C)=CC1CC[C@@]2(C)C(O)CC[C@](C)(O)[C@@H]12. The predicted octanol–water partition coefficient (Wildman–Crippen LogP) is 2.89. The van der Waals surface area contributed by atoms with Crippen LogP contribution in [-0.2, 0) is 0 Å². The normalized spacial score (nSPS) is 49.9. The molecule has 2 unspecified atom stereocenters. The number of rotatable bonds is 1. The van der Waals surface area contributed by atoms with Crippen molar-refractivity contribution in [3.8, 4) is 0 Å². The zero-order valence-electron chi connectivity index (χ0n) is 11.5. The standard InChI is InChI=1S/C15H26O2/c1-10(2)9-11-5-7-14(3)12(16)6-8-15(4,17)13(11)14/h9,11-13,16-17H,5-8H2,1-4H3/t11?,12?,13-,14-,15-/m0/s1. The summed E-state index contributed by atoms with van der Waals surface area (Å²) in [5.74, 6) is 0.628. The van der Waals surface area contributed by atoms with E-state index in [1.807, 2.05) is 6.92 Å². The number of hydrogen-bond acceptors (Lipinski definition) is 2. The Hall–Kier alpha value is -0.340. The molecule has 2 saturated carbocycles. The third kappa shape index (κ3) is 2.06. The lowest BCUT2D eigenvalue weighted by Crippen LogP contribution is -2.53. The minimum Gasteiger partial charge on any atom is -0.393 e. The van der Waals surface area contributed by atoms with E-state index in [1.54, 1.807) is 0 Å². The van der Waals surface area contributed by atoms with Crippen LogP contribution in [0.2, 0.25) is 0 Å². The van der Waals surface area contributed by atoms with Crippen molar-refractivity contribution in [2.24, 2.45) is 17.3 Å². The van der Waals surface area contributed by atoms with E-state index < -0.39 is 5.60 Å². The molecule has 2 aliphatic carbocycles. The van der Waals surface area contributed by atoms with Crippen molar-refractivity contribution in [3.05, 3.63) is 11.6 Å². The van der Waals surface area contributed by atoms with Crippen LogP contribution in [0.4, 0.5) is 0 Å². The zero-order chi connectivity index (χ0) is 12.8. The summed E-state index contributed by atoms with van der Waals surface area (Å²) in [4.78, 5) is 0.